The summed E-state index contributed by atoms with van der Waals surface area (Å²) < 4.78 is 5.40. The van der Waals surface area contributed by atoms with E-state index in [9.17, 15) is 0 Å². The predicted molar refractivity (Wildman–Crippen MR) is 47.2 cm³/mol. The lowest BCUT2D eigenvalue weighted by Gasteiger charge is -2.18. The van der Waals surface area contributed by atoms with Crippen molar-refractivity contribution in [1.29, 1.82) is 0 Å². The summed E-state index contributed by atoms with van der Waals surface area (Å²) in [5.41, 5.74) is 2.32. The number of ether oxygens (including phenoxy) is 1. The monoisotopic (exact) mass is 150 g/mol. The highest BCUT2D eigenvalue weighted by Gasteiger charge is 2.10. The fourth-order valence-electron chi connectivity index (χ4n) is 1.25. The van der Waals surface area contributed by atoms with Crippen LogP contribution in [0.25, 0.3) is 0 Å². The topological polar surface area (TPSA) is 9.23 Å². The Hall–Kier alpha value is -0.980. The molecule has 1 rings (SSSR count). The minimum Gasteiger partial charge on any atom is -0.493 e. The zero-order chi connectivity index (χ0) is 8.27. The summed E-state index contributed by atoms with van der Waals surface area (Å²) in [6.07, 6.45) is 3.94. The van der Waals surface area contributed by atoms with Gasteiger partial charge in [0.1, 0.15) is 5.76 Å². The fraction of sp³-hybridized carbons (Fsp3) is 0.400. The van der Waals surface area contributed by atoms with Crippen molar-refractivity contribution in [3.63, 3.8) is 0 Å². The van der Waals surface area contributed by atoms with E-state index < -0.39 is 0 Å². The summed E-state index contributed by atoms with van der Waals surface area (Å²) in [6, 6.07) is 0. The molecule has 0 radical (unpaired) electrons. The van der Waals surface area contributed by atoms with Crippen LogP contribution in [-0.4, -0.2) is 6.61 Å². The number of allylic oxidation sites excluding steroid dienone is 3. The van der Waals surface area contributed by atoms with Crippen LogP contribution in [0, 0.1) is 0 Å². The largest absolute Gasteiger partial charge is 0.493 e. The third kappa shape index (κ3) is 1.73. The molecule has 0 N–H and O–H groups in total. The first-order valence-corrected chi connectivity index (χ1v) is 3.90. The molecule has 1 nitrogen and oxygen atoms in total. The van der Waals surface area contributed by atoms with Crippen LogP contribution in [-0.2, 0) is 4.74 Å². The summed E-state index contributed by atoms with van der Waals surface area (Å²) in [6.45, 7) is 10.4. The lowest BCUT2D eigenvalue weighted by molar-refractivity contribution is 0.201. The molecule has 0 aromatic heterocycles. The first-order chi connectivity index (χ1) is 5.25. The molecule has 0 fully saturated rings. The van der Waals surface area contributed by atoms with Gasteiger partial charge in [-0.05, 0) is 31.4 Å². The minimum absolute atomic E-state index is 0.818. The van der Waals surface area contributed by atoms with Gasteiger partial charge in [0, 0.05) is 0 Å². The summed E-state index contributed by atoms with van der Waals surface area (Å²) in [4.78, 5) is 0. The minimum atomic E-state index is 0.818. The molecular formula is C10H14O. The van der Waals surface area contributed by atoms with Gasteiger partial charge in [-0.3, -0.25) is 0 Å². The van der Waals surface area contributed by atoms with Crippen LogP contribution < -0.4 is 0 Å². The highest BCUT2D eigenvalue weighted by atomic mass is 16.5. The fourth-order valence-corrected chi connectivity index (χ4v) is 1.25. The standard InChI is InChI=1S/C10H14O/c1-4-10-9(8(2)3)6-5-7-11-10/h4H,1-2,5-7H2,3H3. The van der Waals surface area contributed by atoms with E-state index in [0.717, 1.165) is 30.8 Å². The van der Waals surface area contributed by atoms with Crippen LogP contribution in [0.1, 0.15) is 19.8 Å². The molecule has 0 aliphatic carbocycles. The van der Waals surface area contributed by atoms with Crippen molar-refractivity contribution >= 4 is 0 Å². The molecule has 60 valence electrons. The van der Waals surface area contributed by atoms with Gasteiger partial charge in [-0.15, -0.1) is 0 Å². The Bertz CT molecular complexity index is 211. The van der Waals surface area contributed by atoms with Crippen molar-refractivity contribution in [1.82, 2.24) is 0 Å². The van der Waals surface area contributed by atoms with E-state index in [1.165, 1.54) is 5.57 Å². The van der Waals surface area contributed by atoms with E-state index in [1.807, 2.05) is 6.92 Å². The number of hydrogen-bond donors (Lipinski definition) is 0. The average Bonchev–Trinajstić information content (AvgIpc) is 2.04. The zero-order valence-corrected chi connectivity index (χ0v) is 7.02. The van der Waals surface area contributed by atoms with Gasteiger partial charge in [-0.1, -0.05) is 18.7 Å². The molecule has 11 heavy (non-hydrogen) atoms. The Morgan fingerprint density at radius 3 is 2.82 bits per heavy atom. The van der Waals surface area contributed by atoms with Crippen LogP contribution in [0.5, 0.6) is 0 Å². The third-order valence-corrected chi connectivity index (χ3v) is 1.83. The SMILES string of the molecule is C=CC1=C(C(=C)C)CCCO1. The van der Waals surface area contributed by atoms with Crippen LogP contribution in [0.2, 0.25) is 0 Å². The Balaban J connectivity index is 2.90. The van der Waals surface area contributed by atoms with Crippen molar-refractivity contribution in [2.24, 2.45) is 0 Å². The molecule has 1 aliphatic rings. The summed E-state index contributed by atoms with van der Waals surface area (Å²) in [5.74, 6) is 0.920. The van der Waals surface area contributed by atoms with Crippen molar-refractivity contribution in [2.75, 3.05) is 6.61 Å². The average molecular weight is 150 g/mol. The Labute approximate surface area is 68.1 Å². The quantitative estimate of drug-likeness (QED) is 0.588. The molecule has 0 unspecified atom stereocenters. The molecule has 1 heterocycles. The van der Waals surface area contributed by atoms with Gasteiger partial charge >= 0.3 is 0 Å². The lowest BCUT2D eigenvalue weighted by atomic mass is 10.0. The molecule has 0 spiro atoms. The van der Waals surface area contributed by atoms with E-state index in [2.05, 4.69) is 13.2 Å². The van der Waals surface area contributed by atoms with Gasteiger partial charge in [0.05, 0.1) is 6.61 Å². The second-order valence-electron chi connectivity index (χ2n) is 2.78. The van der Waals surface area contributed by atoms with E-state index in [0.29, 0.717) is 0 Å². The van der Waals surface area contributed by atoms with Crippen molar-refractivity contribution in [3.8, 4) is 0 Å². The molecule has 0 saturated heterocycles. The van der Waals surface area contributed by atoms with E-state index in [1.54, 1.807) is 6.08 Å². The first-order valence-electron chi connectivity index (χ1n) is 3.90. The van der Waals surface area contributed by atoms with Gasteiger partial charge in [0.25, 0.3) is 0 Å². The second kappa shape index (κ2) is 3.42. The summed E-state index contributed by atoms with van der Waals surface area (Å²) >= 11 is 0. The van der Waals surface area contributed by atoms with Crippen molar-refractivity contribution in [2.45, 2.75) is 19.8 Å². The van der Waals surface area contributed by atoms with Crippen LogP contribution in [0.3, 0.4) is 0 Å². The Morgan fingerprint density at radius 2 is 2.36 bits per heavy atom. The third-order valence-electron chi connectivity index (χ3n) is 1.83. The van der Waals surface area contributed by atoms with Gasteiger partial charge in [0.15, 0.2) is 0 Å². The molecule has 1 aliphatic heterocycles. The maximum atomic E-state index is 5.40. The molecule has 0 aromatic rings. The van der Waals surface area contributed by atoms with Crippen molar-refractivity contribution in [3.05, 3.63) is 36.1 Å². The summed E-state index contributed by atoms with van der Waals surface area (Å²) in [7, 11) is 0. The lowest BCUT2D eigenvalue weighted by Crippen LogP contribution is -2.05. The molecule has 0 amide bonds. The van der Waals surface area contributed by atoms with E-state index >= 15 is 0 Å². The number of hydrogen-bond acceptors (Lipinski definition) is 1. The van der Waals surface area contributed by atoms with Crippen LogP contribution >= 0.6 is 0 Å². The molecule has 1 heteroatoms. The predicted octanol–water partition coefficient (Wildman–Crippen LogP) is 2.81. The van der Waals surface area contributed by atoms with E-state index in [-0.39, 0.29) is 0 Å². The Morgan fingerprint density at radius 1 is 1.64 bits per heavy atom. The van der Waals surface area contributed by atoms with Crippen molar-refractivity contribution < 1.29 is 4.74 Å². The Kier molecular flexibility index (Phi) is 2.53. The maximum Gasteiger partial charge on any atom is 0.122 e. The molecule has 0 saturated carbocycles. The normalized spacial score (nSPS) is 17.5. The van der Waals surface area contributed by atoms with Gasteiger partial charge in [-0.2, -0.15) is 0 Å². The van der Waals surface area contributed by atoms with Gasteiger partial charge < -0.3 is 4.74 Å². The highest BCUT2D eigenvalue weighted by molar-refractivity contribution is 5.34. The van der Waals surface area contributed by atoms with Crippen LogP contribution in [0.4, 0.5) is 0 Å². The second-order valence-corrected chi connectivity index (χ2v) is 2.78. The molecular weight excluding hydrogens is 136 g/mol. The van der Waals surface area contributed by atoms with Crippen LogP contribution in [0.15, 0.2) is 36.1 Å². The molecule has 0 bridgehead atoms. The molecule has 0 atom stereocenters. The maximum absolute atomic E-state index is 5.40. The first kappa shape index (κ1) is 8.12. The van der Waals surface area contributed by atoms with E-state index in [4.69, 9.17) is 4.74 Å². The number of rotatable bonds is 2. The van der Waals surface area contributed by atoms with Gasteiger partial charge in [-0.25, -0.2) is 0 Å². The smallest absolute Gasteiger partial charge is 0.122 e. The highest BCUT2D eigenvalue weighted by Crippen LogP contribution is 2.24. The van der Waals surface area contributed by atoms with Gasteiger partial charge in [0.2, 0.25) is 0 Å². The summed E-state index contributed by atoms with van der Waals surface area (Å²) in [5, 5.41) is 0. The molecule has 0 aromatic carbocycles. The zero-order valence-electron chi connectivity index (χ0n) is 7.02.